The normalized spacial score (nSPS) is 21.5. The van der Waals surface area contributed by atoms with Crippen molar-refractivity contribution in [3.05, 3.63) is 17.7 Å². The summed E-state index contributed by atoms with van der Waals surface area (Å²) in [5, 5.41) is 2.45. The molecule has 1 aliphatic rings. The van der Waals surface area contributed by atoms with Gasteiger partial charge in [-0.05, 0) is 19.1 Å². The number of rotatable bonds is 7. The van der Waals surface area contributed by atoms with Crippen molar-refractivity contribution >= 4 is 0 Å². The highest BCUT2D eigenvalue weighted by molar-refractivity contribution is 5.53. The molecular formula is C17H30N2O3+2. The standard InChI is InChI=1S/C17H28N2O3/c1-5-19-8-6-14(7-9-19)18-12-13-10-15(20-2)17(22-4)16(11-13)21-3/h10-11,14,18H,5-9,12H2,1-4H3/p+2. The van der Waals surface area contributed by atoms with Crippen molar-refractivity contribution in [2.45, 2.75) is 32.4 Å². The highest BCUT2D eigenvalue weighted by atomic mass is 16.5. The van der Waals surface area contributed by atoms with Crippen molar-refractivity contribution in [3.63, 3.8) is 0 Å². The number of hydrogen-bond donors (Lipinski definition) is 2. The minimum absolute atomic E-state index is 0.661. The highest BCUT2D eigenvalue weighted by Crippen LogP contribution is 2.37. The van der Waals surface area contributed by atoms with Crippen molar-refractivity contribution in [3.8, 4) is 17.2 Å². The van der Waals surface area contributed by atoms with Gasteiger partial charge in [-0.2, -0.15) is 0 Å². The summed E-state index contributed by atoms with van der Waals surface area (Å²) in [5.74, 6) is 2.12. The highest BCUT2D eigenvalue weighted by Gasteiger charge is 2.23. The van der Waals surface area contributed by atoms with Crippen molar-refractivity contribution in [2.24, 2.45) is 0 Å². The van der Waals surface area contributed by atoms with Gasteiger partial charge in [0.2, 0.25) is 5.75 Å². The Labute approximate surface area is 133 Å². The Hall–Kier alpha value is -1.46. The average Bonchev–Trinajstić information content (AvgIpc) is 2.59. The van der Waals surface area contributed by atoms with Gasteiger partial charge in [-0.15, -0.1) is 0 Å². The fourth-order valence-corrected chi connectivity index (χ4v) is 3.19. The molecule has 1 heterocycles. The smallest absolute Gasteiger partial charge is 0.203 e. The zero-order valence-corrected chi connectivity index (χ0v) is 14.3. The molecule has 2 rings (SSSR count). The Morgan fingerprint density at radius 1 is 1.05 bits per heavy atom. The lowest BCUT2D eigenvalue weighted by Gasteiger charge is -2.27. The van der Waals surface area contributed by atoms with Gasteiger partial charge < -0.3 is 24.4 Å². The summed E-state index contributed by atoms with van der Waals surface area (Å²) in [6.07, 6.45) is 2.60. The van der Waals surface area contributed by atoms with E-state index in [1.807, 2.05) is 12.1 Å². The minimum Gasteiger partial charge on any atom is -0.493 e. The Bertz CT molecular complexity index is 446. The van der Waals surface area contributed by atoms with Crippen molar-refractivity contribution in [2.75, 3.05) is 41.0 Å². The summed E-state index contributed by atoms with van der Waals surface area (Å²) >= 11 is 0. The molecular weight excluding hydrogens is 280 g/mol. The topological polar surface area (TPSA) is 48.7 Å². The summed E-state index contributed by atoms with van der Waals surface area (Å²) < 4.78 is 16.2. The summed E-state index contributed by atoms with van der Waals surface area (Å²) in [4.78, 5) is 1.73. The number of piperidine rings is 1. The second-order valence-electron chi connectivity index (χ2n) is 5.91. The first-order valence-corrected chi connectivity index (χ1v) is 8.17. The van der Waals surface area contributed by atoms with Crippen LogP contribution in [0.1, 0.15) is 25.3 Å². The van der Waals surface area contributed by atoms with Crippen molar-refractivity contribution in [1.82, 2.24) is 0 Å². The lowest BCUT2D eigenvalue weighted by Crippen LogP contribution is -3.14. The molecule has 0 aromatic heterocycles. The fourth-order valence-electron chi connectivity index (χ4n) is 3.19. The van der Waals surface area contributed by atoms with Crippen molar-refractivity contribution in [1.29, 1.82) is 0 Å². The first-order valence-electron chi connectivity index (χ1n) is 8.17. The maximum atomic E-state index is 5.42. The van der Waals surface area contributed by atoms with Crippen LogP contribution >= 0.6 is 0 Å². The lowest BCUT2D eigenvalue weighted by atomic mass is 10.0. The van der Waals surface area contributed by atoms with E-state index < -0.39 is 0 Å². The molecule has 1 aliphatic heterocycles. The number of benzene rings is 1. The largest absolute Gasteiger partial charge is 0.493 e. The van der Waals surface area contributed by atoms with E-state index in [0.29, 0.717) is 5.75 Å². The van der Waals surface area contributed by atoms with Gasteiger partial charge in [0, 0.05) is 18.4 Å². The molecule has 5 nitrogen and oxygen atoms in total. The molecule has 124 valence electrons. The molecule has 0 atom stereocenters. The first kappa shape index (κ1) is 16.9. The summed E-state index contributed by atoms with van der Waals surface area (Å²) in [5.41, 5.74) is 1.21. The number of nitrogens with one attached hydrogen (secondary N) is 1. The van der Waals surface area contributed by atoms with Gasteiger partial charge in [-0.3, -0.25) is 0 Å². The number of quaternary nitrogens is 2. The minimum atomic E-state index is 0.661. The molecule has 0 saturated carbocycles. The van der Waals surface area contributed by atoms with Crippen LogP contribution in [-0.4, -0.2) is 47.0 Å². The molecule has 1 aromatic rings. The second kappa shape index (κ2) is 8.25. The van der Waals surface area contributed by atoms with E-state index in [-0.39, 0.29) is 0 Å². The second-order valence-corrected chi connectivity index (χ2v) is 5.91. The van der Waals surface area contributed by atoms with Gasteiger partial charge >= 0.3 is 0 Å². The predicted molar refractivity (Wildman–Crippen MR) is 86.0 cm³/mol. The fraction of sp³-hybridized carbons (Fsp3) is 0.647. The Morgan fingerprint density at radius 2 is 1.64 bits per heavy atom. The monoisotopic (exact) mass is 310 g/mol. The molecule has 0 spiro atoms. The molecule has 0 radical (unpaired) electrons. The van der Waals surface area contributed by atoms with Gasteiger partial charge in [0.25, 0.3) is 0 Å². The van der Waals surface area contributed by atoms with Crippen LogP contribution in [-0.2, 0) is 6.54 Å². The van der Waals surface area contributed by atoms with Gasteiger partial charge in [-0.1, -0.05) is 0 Å². The zero-order chi connectivity index (χ0) is 15.9. The first-order chi connectivity index (χ1) is 10.7. The van der Waals surface area contributed by atoms with E-state index in [2.05, 4.69) is 12.2 Å². The third-order valence-electron chi connectivity index (χ3n) is 4.65. The maximum absolute atomic E-state index is 5.42. The molecule has 1 saturated heterocycles. The number of hydrogen-bond acceptors (Lipinski definition) is 3. The van der Waals surface area contributed by atoms with Crippen molar-refractivity contribution < 1.29 is 24.4 Å². The Morgan fingerprint density at radius 3 is 2.09 bits per heavy atom. The molecule has 0 unspecified atom stereocenters. The molecule has 0 amide bonds. The van der Waals surface area contributed by atoms with Gasteiger partial charge in [-0.25, -0.2) is 0 Å². The lowest BCUT2D eigenvalue weighted by molar-refractivity contribution is -0.912. The van der Waals surface area contributed by atoms with Crippen LogP contribution in [0.2, 0.25) is 0 Å². The summed E-state index contributed by atoms with van der Waals surface area (Å²) in [6.45, 7) is 7.07. The molecule has 1 aromatic carbocycles. The number of nitrogens with two attached hydrogens (primary N) is 1. The SMILES string of the molecule is CC[NH+]1CCC([NH2+]Cc2cc(OC)c(OC)c(OC)c2)CC1. The van der Waals surface area contributed by atoms with Crippen LogP contribution in [0.15, 0.2) is 12.1 Å². The van der Waals surface area contributed by atoms with Crippen LogP contribution in [0.4, 0.5) is 0 Å². The summed E-state index contributed by atoms with van der Waals surface area (Å²) in [7, 11) is 4.96. The van der Waals surface area contributed by atoms with Crippen LogP contribution in [0.3, 0.4) is 0 Å². The third-order valence-corrected chi connectivity index (χ3v) is 4.65. The quantitative estimate of drug-likeness (QED) is 0.736. The number of ether oxygens (including phenoxy) is 3. The molecule has 0 aliphatic carbocycles. The molecule has 0 bridgehead atoms. The van der Waals surface area contributed by atoms with E-state index in [4.69, 9.17) is 14.2 Å². The average molecular weight is 310 g/mol. The Kier molecular flexibility index (Phi) is 6.34. The van der Waals surface area contributed by atoms with E-state index >= 15 is 0 Å². The molecule has 22 heavy (non-hydrogen) atoms. The van der Waals surface area contributed by atoms with Gasteiger partial charge in [0.05, 0.1) is 47.0 Å². The molecule has 3 N–H and O–H groups in total. The third kappa shape index (κ3) is 4.05. The van der Waals surface area contributed by atoms with Gasteiger partial charge in [0.15, 0.2) is 11.5 Å². The number of methoxy groups -OCH3 is 3. The predicted octanol–water partition coefficient (Wildman–Crippen LogP) is -0.157. The maximum Gasteiger partial charge on any atom is 0.203 e. The molecule has 5 heteroatoms. The van der Waals surface area contributed by atoms with E-state index in [9.17, 15) is 0 Å². The van der Waals surface area contributed by atoms with E-state index in [1.165, 1.54) is 38.0 Å². The Balaban J connectivity index is 1.98. The van der Waals surface area contributed by atoms with E-state index in [1.54, 1.807) is 26.2 Å². The van der Waals surface area contributed by atoms with E-state index in [0.717, 1.165) is 24.1 Å². The van der Waals surface area contributed by atoms with Crippen LogP contribution < -0.4 is 24.4 Å². The number of likely N-dealkylation sites (tertiary alicyclic amines) is 1. The summed E-state index contributed by atoms with van der Waals surface area (Å²) in [6, 6.07) is 4.82. The van der Waals surface area contributed by atoms with Gasteiger partial charge in [0.1, 0.15) is 6.54 Å². The zero-order valence-electron chi connectivity index (χ0n) is 14.3. The molecule has 1 fully saturated rings. The van der Waals surface area contributed by atoms with Crippen LogP contribution in [0, 0.1) is 0 Å². The van der Waals surface area contributed by atoms with Crippen LogP contribution in [0.25, 0.3) is 0 Å². The van der Waals surface area contributed by atoms with Crippen LogP contribution in [0.5, 0.6) is 17.2 Å².